The molecule has 0 aliphatic carbocycles. The first-order valence-corrected chi connectivity index (χ1v) is 9.97. The van der Waals surface area contributed by atoms with Crippen LogP contribution in [0.2, 0.25) is 0 Å². The van der Waals surface area contributed by atoms with Gasteiger partial charge in [-0.2, -0.15) is 0 Å². The van der Waals surface area contributed by atoms with Crippen molar-refractivity contribution in [3.63, 3.8) is 0 Å². The first kappa shape index (κ1) is 20.4. The van der Waals surface area contributed by atoms with Gasteiger partial charge in [0, 0.05) is 16.7 Å². The Balaban J connectivity index is 2.00. The molecule has 0 aliphatic heterocycles. The minimum absolute atomic E-state index is 0.153. The first-order chi connectivity index (χ1) is 15.1. The topological polar surface area (TPSA) is 61.8 Å². The molecule has 4 aromatic rings. The molecule has 0 spiro atoms. The number of carbonyl (C=O) groups is 2. The van der Waals surface area contributed by atoms with Gasteiger partial charge < -0.3 is 14.2 Å². The second-order valence-corrected chi connectivity index (χ2v) is 6.99. The summed E-state index contributed by atoms with van der Waals surface area (Å²) in [5, 5.41) is 3.79. The predicted molar refractivity (Wildman–Crippen MR) is 121 cm³/mol. The van der Waals surface area contributed by atoms with Crippen LogP contribution in [0.5, 0.6) is 11.5 Å². The van der Waals surface area contributed by atoms with E-state index in [0.717, 1.165) is 38.4 Å². The van der Waals surface area contributed by atoms with Crippen molar-refractivity contribution in [2.24, 2.45) is 0 Å². The van der Waals surface area contributed by atoms with E-state index in [1.165, 1.54) is 0 Å². The van der Waals surface area contributed by atoms with Crippen LogP contribution in [-0.4, -0.2) is 32.6 Å². The smallest absolute Gasteiger partial charge is 0.379 e. The first-order valence-electron chi connectivity index (χ1n) is 9.97. The van der Waals surface area contributed by atoms with Gasteiger partial charge in [0.1, 0.15) is 11.5 Å². The minimum atomic E-state index is -0.855. The maximum Gasteiger partial charge on any atom is 0.379 e. The van der Waals surface area contributed by atoms with Gasteiger partial charge in [-0.1, -0.05) is 48.5 Å². The molecule has 5 heteroatoms. The Kier molecular flexibility index (Phi) is 5.58. The standard InChI is InChI=1S/C26H22O5/c1-4-31-26(28)25(27)18-9-12-20-17(15-18)11-14-22(30-3)24(20)23-19-8-6-5-7-16(19)10-13-21(23)29-2/h5-15H,4H2,1-3H3. The van der Waals surface area contributed by atoms with Gasteiger partial charge >= 0.3 is 5.97 Å². The van der Waals surface area contributed by atoms with Crippen LogP contribution in [0.4, 0.5) is 0 Å². The lowest BCUT2D eigenvalue weighted by Gasteiger charge is -2.18. The van der Waals surface area contributed by atoms with Crippen LogP contribution < -0.4 is 9.47 Å². The number of fused-ring (bicyclic) bond motifs is 2. The lowest BCUT2D eigenvalue weighted by atomic mass is 9.91. The van der Waals surface area contributed by atoms with E-state index in [1.807, 2.05) is 54.6 Å². The molecule has 0 atom stereocenters. The summed E-state index contributed by atoms with van der Waals surface area (Å²) < 4.78 is 16.3. The molecular formula is C26H22O5. The summed E-state index contributed by atoms with van der Waals surface area (Å²) in [6.07, 6.45) is 0. The molecule has 5 nitrogen and oxygen atoms in total. The molecule has 4 rings (SSSR count). The fraction of sp³-hybridized carbons (Fsp3) is 0.154. The van der Waals surface area contributed by atoms with Gasteiger partial charge in [0.15, 0.2) is 0 Å². The average molecular weight is 414 g/mol. The molecule has 4 aromatic carbocycles. The van der Waals surface area contributed by atoms with Gasteiger partial charge in [0.2, 0.25) is 0 Å². The van der Waals surface area contributed by atoms with E-state index < -0.39 is 11.8 Å². The van der Waals surface area contributed by atoms with Crippen LogP contribution in [-0.2, 0) is 9.53 Å². The van der Waals surface area contributed by atoms with Gasteiger partial charge in [-0.25, -0.2) is 4.79 Å². The highest BCUT2D eigenvalue weighted by Gasteiger charge is 2.21. The van der Waals surface area contributed by atoms with E-state index in [4.69, 9.17) is 14.2 Å². The highest BCUT2D eigenvalue weighted by atomic mass is 16.5. The summed E-state index contributed by atoms with van der Waals surface area (Å²) in [6.45, 7) is 1.82. The highest BCUT2D eigenvalue weighted by Crippen LogP contribution is 2.45. The zero-order chi connectivity index (χ0) is 22.0. The van der Waals surface area contributed by atoms with Crippen molar-refractivity contribution in [2.75, 3.05) is 20.8 Å². The average Bonchev–Trinajstić information content (AvgIpc) is 2.81. The van der Waals surface area contributed by atoms with Crippen LogP contribution in [0, 0.1) is 0 Å². The van der Waals surface area contributed by atoms with Crippen LogP contribution in [0.15, 0.2) is 66.7 Å². The second-order valence-electron chi connectivity index (χ2n) is 6.99. The zero-order valence-corrected chi connectivity index (χ0v) is 17.6. The molecule has 0 radical (unpaired) electrons. The summed E-state index contributed by atoms with van der Waals surface area (Å²) in [7, 11) is 3.27. The molecule has 0 bridgehead atoms. The highest BCUT2D eigenvalue weighted by molar-refractivity contribution is 6.41. The molecule has 0 aromatic heterocycles. The van der Waals surface area contributed by atoms with Gasteiger partial charge in [-0.15, -0.1) is 0 Å². The second kappa shape index (κ2) is 8.48. The van der Waals surface area contributed by atoms with E-state index >= 15 is 0 Å². The van der Waals surface area contributed by atoms with Crippen LogP contribution in [0.25, 0.3) is 32.7 Å². The Morgan fingerprint density at radius 1 is 0.742 bits per heavy atom. The van der Waals surface area contributed by atoms with Crippen molar-refractivity contribution in [1.82, 2.24) is 0 Å². The minimum Gasteiger partial charge on any atom is -0.496 e. The quantitative estimate of drug-likeness (QED) is 0.239. The fourth-order valence-corrected chi connectivity index (χ4v) is 3.87. The third kappa shape index (κ3) is 3.59. The van der Waals surface area contributed by atoms with E-state index in [9.17, 15) is 9.59 Å². The van der Waals surface area contributed by atoms with Gasteiger partial charge in [-0.05, 0) is 46.7 Å². The number of hydrogen-bond acceptors (Lipinski definition) is 5. The summed E-state index contributed by atoms with van der Waals surface area (Å²) >= 11 is 0. The fourth-order valence-electron chi connectivity index (χ4n) is 3.87. The summed E-state index contributed by atoms with van der Waals surface area (Å²) in [5.41, 5.74) is 2.06. The number of carbonyl (C=O) groups excluding carboxylic acids is 2. The third-order valence-corrected chi connectivity index (χ3v) is 5.29. The Morgan fingerprint density at radius 3 is 2.00 bits per heavy atom. The maximum absolute atomic E-state index is 12.4. The van der Waals surface area contributed by atoms with E-state index in [-0.39, 0.29) is 12.2 Å². The largest absolute Gasteiger partial charge is 0.496 e. The molecular weight excluding hydrogens is 392 g/mol. The molecule has 31 heavy (non-hydrogen) atoms. The molecule has 0 amide bonds. The Hall–Kier alpha value is -3.86. The van der Waals surface area contributed by atoms with Crippen LogP contribution >= 0.6 is 0 Å². The monoisotopic (exact) mass is 414 g/mol. The van der Waals surface area contributed by atoms with Gasteiger partial charge in [-0.3, -0.25) is 4.79 Å². The van der Waals surface area contributed by atoms with Crippen LogP contribution in [0.1, 0.15) is 17.3 Å². The lowest BCUT2D eigenvalue weighted by Crippen LogP contribution is -2.17. The van der Waals surface area contributed by atoms with Crippen molar-refractivity contribution < 1.29 is 23.8 Å². The SMILES string of the molecule is CCOC(=O)C(=O)c1ccc2c(-c3c(OC)ccc4ccccc34)c(OC)ccc2c1. The number of ketones is 1. The number of methoxy groups -OCH3 is 2. The number of rotatable bonds is 6. The third-order valence-electron chi connectivity index (χ3n) is 5.29. The predicted octanol–water partition coefficient (Wildman–Crippen LogP) is 5.42. The number of ether oxygens (including phenoxy) is 3. The molecule has 0 heterocycles. The van der Waals surface area contributed by atoms with E-state index in [2.05, 4.69) is 0 Å². The Labute approximate surface area is 180 Å². The van der Waals surface area contributed by atoms with E-state index in [0.29, 0.717) is 5.75 Å². The van der Waals surface area contributed by atoms with Gasteiger partial charge in [0.25, 0.3) is 5.78 Å². The number of benzene rings is 4. The Bertz CT molecular complexity index is 1310. The van der Waals surface area contributed by atoms with Crippen LogP contribution in [0.3, 0.4) is 0 Å². The maximum atomic E-state index is 12.4. The number of Topliss-reactive ketones (excluding diaryl/α,β-unsaturated/α-hetero) is 1. The summed E-state index contributed by atoms with van der Waals surface area (Å²) in [6, 6.07) is 20.9. The van der Waals surface area contributed by atoms with Gasteiger partial charge in [0.05, 0.1) is 20.8 Å². The number of esters is 1. The van der Waals surface area contributed by atoms with Crippen molar-refractivity contribution in [3.05, 3.63) is 72.3 Å². The number of hydrogen-bond donors (Lipinski definition) is 0. The molecule has 156 valence electrons. The molecule has 0 saturated carbocycles. The van der Waals surface area contributed by atoms with Crippen molar-refractivity contribution in [1.29, 1.82) is 0 Å². The van der Waals surface area contributed by atoms with Crippen molar-refractivity contribution in [3.8, 4) is 22.6 Å². The molecule has 0 fully saturated rings. The molecule has 0 aliphatic rings. The Morgan fingerprint density at radius 2 is 1.35 bits per heavy atom. The zero-order valence-electron chi connectivity index (χ0n) is 17.6. The molecule has 0 saturated heterocycles. The summed E-state index contributed by atoms with van der Waals surface area (Å²) in [5.74, 6) is -0.113. The van der Waals surface area contributed by atoms with Crippen molar-refractivity contribution >= 4 is 33.3 Å². The van der Waals surface area contributed by atoms with E-state index in [1.54, 1.807) is 33.3 Å². The lowest BCUT2D eigenvalue weighted by molar-refractivity contribution is -0.137. The molecule has 0 unspecified atom stereocenters. The summed E-state index contributed by atoms with van der Waals surface area (Å²) in [4.78, 5) is 24.3. The normalized spacial score (nSPS) is 10.8. The van der Waals surface area contributed by atoms with Crippen molar-refractivity contribution in [2.45, 2.75) is 6.92 Å². The molecule has 0 N–H and O–H groups in total.